The molecular formula is C45H57N13O3. The number of rotatable bonds is 24. The van der Waals surface area contributed by atoms with Crippen LogP contribution in [0.5, 0.6) is 0 Å². The molecule has 3 heterocycles. The van der Waals surface area contributed by atoms with E-state index < -0.39 is 18.1 Å². The van der Waals surface area contributed by atoms with Gasteiger partial charge in [-0.3, -0.25) is 19.3 Å². The van der Waals surface area contributed by atoms with Gasteiger partial charge in [-0.2, -0.15) is 0 Å². The number of carbonyl (C=O) groups excluding carboxylic acids is 3. The zero-order chi connectivity index (χ0) is 42.8. The van der Waals surface area contributed by atoms with Gasteiger partial charge in [0.25, 0.3) is 0 Å². The first-order valence-corrected chi connectivity index (χ1v) is 20.6. The smallest absolute Gasteiger partial charge is 0.237 e. The molecule has 9 N–H and O–H groups in total. The first-order chi connectivity index (χ1) is 29.7. The van der Waals surface area contributed by atoms with Crippen LogP contribution in [0.15, 0.2) is 129 Å². The molecule has 0 aliphatic rings. The van der Waals surface area contributed by atoms with E-state index in [2.05, 4.69) is 30.9 Å². The second-order valence-corrected chi connectivity index (χ2v) is 15.2. The minimum Gasteiger partial charge on any atom is -0.353 e. The van der Waals surface area contributed by atoms with Gasteiger partial charge in [0, 0.05) is 96.8 Å². The molecule has 16 nitrogen and oxygen atoms in total. The van der Waals surface area contributed by atoms with Crippen LogP contribution in [0.2, 0.25) is 0 Å². The third kappa shape index (κ3) is 14.6. The third-order valence-corrected chi connectivity index (χ3v) is 10.2. The Kier molecular flexibility index (Phi) is 16.5. The molecule has 3 aromatic heterocycles. The van der Waals surface area contributed by atoms with E-state index in [0.29, 0.717) is 58.9 Å². The van der Waals surface area contributed by atoms with Crippen LogP contribution in [0.4, 0.5) is 0 Å². The summed E-state index contributed by atoms with van der Waals surface area (Å²) in [6, 6.07) is 27.8. The number of hydrogen-bond donors (Lipinski definition) is 6. The van der Waals surface area contributed by atoms with Crippen molar-refractivity contribution in [2.45, 2.75) is 57.0 Å². The van der Waals surface area contributed by atoms with Gasteiger partial charge in [0.2, 0.25) is 17.7 Å². The molecular weight excluding hydrogens is 771 g/mol. The summed E-state index contributed by atoms with van der Waals surface area (Å²) in [4.78, 5) is 54.4. The van der Waals surface area contributed by atoms with Crippen molar-refractivity contribution in [3.05, 3.63) is 162 Å². The molecule has 3 amide bonds. The molecule has 3 atom stereocenters. The normalized spacial score (nSPS) is 12.8. The number of nitrogens with two attached hydrogens (primary N) is 3. The first-order valence-electron chi connectivity index (χ1n) is 20.6. The fourth-order valence-electron chi connectivity index (χ4n) is 6.87. The van der Waals surface area contributed by atoms with Crippen molar-refractivity contribution in [1.82, 2.24) is 49.5 Å². The summed E-state index contributed by atoms with van der Waals surface area (Å²) in [5, 5.41) is 8.79. The molecule has 320 valence electrons. The van der Waals surface area contributed by atoms with Gasteiger partial charge in [-0.25, -0.2) is 15.0 Å². The fraction of sp³-hybridized carbons (Fsp3) is 0.333. The van der Waals surface area contributed by atoms with Gasteiger partial charge in [0.05, 0.1) is 54.2 Å². The zero-order valence-electron chi connectivity index (χ0n) is 34.4. The van der Waals surface area contributed by atoms with Gasteiger partial charge in [-0.15, -0.1) is 0 Å². The van der Waals surface area contributed by atoms with Gasteiger partial charge in [-0.1, -0.05) is 91.0 Å². The van der Waals surface area contributed by atoms with Crippen molar-refractivity contribution in [1.29, 1.82) is 0 Å². The summed E-state index contributed by atoms with van der Waals surface area (Å²) < 4.78 is 5.89. The van der Waals surface area contributed by atoms with Gasteiger partial charge >= 0.3 is 0 Å². The Bertz CT molecular complexity index is 1990. The van der Waals surface area contributed by atoms with Crippen molar-refractivity contribution in [3.8, 4) is 0 Å². The van der Waals surface area contributed by atoms with Crippen LogP contribution in [0.3, 0.4) is 0 Å². The summed E-state index contributed by atoms with van der Waals surface area (Å²) >= 11 is 0. The molecule has 0 aliphatic heterocycles. The molecule has 0 spiro atoms. The Morgan fingerprint density at radius 1 is 0.475 bits per heavy atom. The average molecular weight is 828 g/mol. The Morgan fingerprint density at radius 3 is 1.03 bits per heavy atom. The standard InChI is InChI=1S/C45H57N13O3/c46-40(22-37-28-56(31-52-37)25-34-10-4-1-5-11-34)43(59)49-16-19-55(20-17-50-44(60)41(47)23-38-29-57(32-53-38)26-35-12-6-2-7-13-35)21-18-51-45(61)42(48)24-39-30-58(33-54-39)27-36-14-8-3-9-15-36/h1-15,28-33,40-42H,16-27,46-48H2,(H,49,59)(H,50,60)(H,51,61)/t40-,41-,42-/m0/s1. The van der Waals surface area contributed by atoms with Crippen LogP contribution < -0.4 is 33.2 Å². The highest BCUT2D eigenvalue weighted by Crippen LogP contribution is 2.08. The Labute approximate surface area is 356 Å². The molecule has 0 unspecified atom stereocenters. The molecule has 16 heteroatoms. The molecule has 0 saturated heterocycles. The van der Waals surface area contributed by atoms with E-state index in [1.165, 1.54) is 0 Å². The molecule has 0 aliphatic carbocycles. The van der Waals surface area contributed by atoms with E-state index in [-0.39, 0.29) is 37.0 Å². The van der Waals surface area contributed by atoms with Crippen molar-refractivity contribution in [2.24, 2.45) is 17.2 Å². The summed E-state index contributed by atoms with van der Waals surface area (Å²) in [7, 11) is 0. The minimum absolute atomic E-state index is 0.288. The quantitative estimate of drug-likeness (QED) is 0.0510. The van der Waals surface area contributed by atoms with Crippen LogP contribution in [-0.4, -0.2) is 109 Å². The highest BCUT2D eigenvalue weighted by Gasteiger charge is 2.19. The van der Waals surface area contributed by atoms with Crippen LogP contribution in [0, 0.1) is 0 Å². The lowest BCUT2D eigenvalue weighted by Crippen LogP contribution is -2.49. The Morgan fingerprint density at radius 2 is 0.754 bits per heavy atom. The van der Waals surface area contributed by atoms with Gasteiger partial charge in [0.15, 0.2) is 0 Å². The Balaban J connectivity index is 0.960. The third-order valence-electron chi connectivity index (χ3n) is 10.2. The predicted molar refractivity (Wildman–Crippen MR) is 234 cm³/mol. The number of imidazole rings is 3. The maximum atomic E-state index is 13.0. The first kappa shape index (κ1) is 44.1. The molecule has 0 bridgehead atoms. The fourth-order valence-corrected chi connectivity index (χ4v) is 6.87. The summed E-state index contributed by atoms with van der Waals surface area (Å²) in [6.45, 7) is 4.22. The molecule has 0 saturated carbocycles. The maximum absolute atomic E-state index is 13.0. The summed E-state index contributed by atoms with van der Waals surface area (Å²) in [5.41, 5.74) is 24.5. The van der Waals surface area contributed by atoms with Gasteiger partial charge in [0.1, 0.15) is 0 Å². The van der Waals surface area contributed by atoms with Crippen molar-refractivity contribution >= 4 is 17.7 Å². The Hall–Kier alpha value is -6.46. The van der Waals surface area contributed by atoms with E-state index in [4.69, 9.17) is 17.2 Å². The summed E-state index contributed by atoms with van der Waals surface area (Å²) in [6.07, 6.45) is 11.8. The van der Waals surface area contributed by atoms with Crippen molar-refractivity contribution < 1.29 is 14.4 Å². The number of nitrogens with zero attached hydrogens (tertiary/aromatic N) is 7. The lowest BCUT2D eigenvalue weighted by Gasteiger charge is -2.24. The van der Waals surface area contributed by atoms with Crippen LogP contribution in [0.1, 0.15) is 33.8 Å². The summed E-state index contributed by atoms with van der Waals surface area (Å²) in [5.74, 6) is -0.893. The highest BCUT2D eigenvalue weighted by atomic mass is 16.2. The molecule has 0 radical (unpaired) electrons. The number of hydrogen-bond acceptors (Lipinski definition) is 10. The van der Waals surface area contributed by atoms with Gasteiger partial charge < -0.3 is 46.9 Å². The van der Waals surface area contributed by atoms with E-state index in [9.17, 15) is 14.4 Å². The largest absolute Gasteiger partial charge is 0.353 e. The monoisotopic (exact) mass is 827 g/mol. The van der Waals surface area contributed by atoms with Gasteiger partial charge in [-0.05, 0) is 16.7 Å². The van der Waals surface area contributed by atoms with E-state index >= 15 is 0 Å². The number of carbonyl (C=O) groups is 3. The number of nitrogens with one attached hydrogen (secondary N) is 3. The number of amides is 3. The topological polar surface area (TPSA) is 222 Å². The lowest BCUT2D eigenvalue weighted by molar-refractivity contribution is -0.123. The second-order valence-electron chi connectivity index (χ2n) is 15.2. The molecule has 0 fully saturated rings. The molecule has 3 aromatic carbocycles. The van der Waals surface area contributed by atoms with E-state index in [0.717, 1.165) is 33.8 Å². The predicted octanol–water partition coefficient (Wildman–Crippen LogP) is 1.08. The molecule has 6 aromatic rings. The van der Waals surface area contributed by atoms with Crippen LogP contribution >= 0.6 is 0 Å². The molecule has 6 rings (SSSR count). The lowest BCUT2D eigenvalue weighted by atomic mass is 10.1. The van der Waals surface area contributed by atoms with E-state index in [1.54, 1.807) is 19.0 Å². The van der Waals surface area contributed by atoms with Crippen molar-refractivity contribution in [3.63, 3.8) is 0 Å². The highest BCUT2D eigenvalue weighted by molar-refractivity contribution is 5.82. The second kappa shape index (κ2) is 22.8. The number of aromatic nitrogens is 6. The van der Waals surface area contributed by atoms with Crippen LogP contribution in [-0.2, 0) is 53.3 Å². The maximum Gasteiger partial charge on any atom is 0.237 e. The van der Waals surface area contributed by atoms with Crippen molar-refractivity contribution in [2.75, 3.05) is 39.3 Å². The number of benzene rings is 3. The van der Waals surface area contributed by atoms with Crippen LogP contribution in [0.25, 0.3) is 0 Å². The average Bonchev–Trinajstić information content (AvgIpc) is 4.03. The minimum atomic E-state index is -0.787. The zero-order valence-corrected chi connectivity index (χ0v) is 34.4. The SMILES string of the molecule is N[C@@H](Cc1cn(Cc2ccccc2)cn1)C(=O)NCCN(CCNC(=O)[C@@H](N)Cc1cn(Cc2ccccc2)cn1)CCNC(=O)[C@@H](N)Cc1cn(Cc2ccccc2)cn1. The van der Waals surface area contributed by atoms with E-state index in [1.807, 2.05) is 128 Å². The molecule has 61 heavy (non-hydrogen) atoms.